The second-order valence-electron chi connectivity index (χ2n) is 5.53. The molecule has 108 valence electrons. The van der Waals surface area contributed by atoms with Gasteiger partial charge < -0.3 is 10.3 Å². The highest BCUT2D eigenvalue weighted by atomic mass is 16.5. The third-order valence-corrected chi connectivity index (χ3v) is 3.08. The molecule has 0 aliphatic heterocycles. The monoisotopic (exact) mass is 283 g/mol. The van der Waals surface area contributed by atoms with Gasteiger partial charge in [-0.3, -0.25) is 4.68 Å². The van der Waals surface area contributed by atoms with Crippen molar-refractivity contribution in [2.75, 3.05) is 0 Å². The van der Waals surface area contributed by atoms with Crippen LogP contribution in [0.2, 0.25) is 0 Å². The summed E-state index contributed by atoms with van der Waals surface area (Å²) in [6.45, 7) is 4.10. The summed E-state index contributed by atoms with van der Waals surface area (Å²) in [6.07, 6.45) is 3.77. The summed E-state index contributed by atoms with van der Waals surface area (Å²) in [5.74, 6) is 0.985. The summed E-state index contributed by atoms with van der Waals surface area (Å²) in [5, 5.41) is 8.21. The number of aromatic nitrogens is 4. The zero-order valence-corrected chi connectivity index (χ0v) is 12.0. The Balaban J connectivity index is 1.77. The molecule has 2 heterocycles. The van der Waals surface area contributed by atoms with Crippen molar-refractivity contribution in [2.45, 2.75) is 25.9 Å². The predicted octanol–water partition coefficient (Wildman–Crippen LogP) is 2.18. The summed E-state index contributed by atoms with van der Waals surface area (Å²) in [6, 6.07) is 10.1. The van der Waals surface area contributed by atoms with Gasteiger partial charge in [0.25, 0.3) is 0 Å². The third kappa shape index (κ3) is 3.00. The average molecular weight is 283 g/mol. The normalized spacial score (nSPS) is 11.8. The molecule has 3 rings (SSSR count). The Morgan fingerprint density at radius 2 is 1.95 bits per heavy atom. The molecule has 0 aliphatic rings. The number of nitrogens with two attached hydrogens (primary N) is 1. The van der Waals surface area contributed by atoms with E-state index in [1.807, 2.05) is 56.6 Å². The molecule has 1 aromatic carbocycles. The standard InChI is InChI=1S/C15H17N5O/c1-15(2,16)14-18-13(21-19-14)10-20-9-12(8-17-20)11-6-4-3-5-7-11/h3-9H,10,16H2,1-2H3. The molecule has 0 amide bonds. The average Bonchev–Trinajstić information content (AvgIpc) is 3.09. The van der Waals surface area contributed by atoms with Gasteiger partial charge in [0.2, 0.25) is 5.89 Å². The molecule has 6 heteroatoms. The summed E-state index contributed by atoms with van der Waals surface area (Å²) in [7, 11) is 0. The maximum atomic E-state index is 5.94. The molecule has 0 saturated heterocycles. The number of hydrogen-bond donors (Lipinski definition) is 1. The fourth-order valence-corrected chi connectivity index (χ4v) is 1.95. The van der Waals surface area contributed by atoms with Gasteiger partial charge in [-0.15, -0.1) is 0 Å². The fraction of sp³-hybridized carbons (Fsp3) is 0.267. The van der Waals surface area contributed by atoms with E-state index in [2.05, 4.69) is 15.2 Å². The van der Waals surface area contributed by atoms with Crippen molar-refractivity contribution >= 4 is 0 Å². The second kappa shape index (κ2) is 5.14. The molecular weight excluding hydrogens is 266 g/mol. The van der Waals surface area contributed by atoms with Crippen LogP contribution in [-0.4, -0.2) is 19.9 Å². The lowest BCUT2D eigenvalue weighted by Gasteiger charge is -2.11. The van der Waals surface area contributed by atoms with Crippen molar-refractivity contribution in [3.63, 3.8) is 0 Å². The van der Waals surface area contributed by atoms with Crippen LogP contribution in [0.5, 0.6) is 0 Å². The van der Waals surface area contributed by atoms with Crippen molar-refractivity contribution in [1.82, 2.24) is 19.9 Å². The molecule has 0 bridgehead atoms. The van der Waals surface area contributed by atoms with Gasteiger partial charge in [0.05, 0.1) is 11.7 Å². The quantitative estimate of drug-likeness (QED) is 0.793. The first-order chi connectivity index (χ1) is 10.0. The van der Waals surface area contributed by atoms with Crippen LogP contribution in [-0.2, 0) is 12.1 Å². The number of benzene rings is 1. The van der Waals surface area contributed by atoms with Crippen LogP contribution in [0.15, 0.2) is 47.2 Å². The summed E-state index contributed by atoms with van der Waals surface area (Å²) in [4.78, 5) is 4.30. The molecule has 3 aromatic rings. The Morgan fingerprint density at radius 3 is 2.62 bits per heavy atom. The van der Waals surface area contributed by atoms with Crippen molar-refractivity contribution in [2.24, 2.45) is 5.73 Å². The molecule has 0 saturated carbocycles. The molecule has 6 nitrogen and oxygen atoms in total. The van der Waals surface area contributed by atoms with E-state index in [0.717, 1.165) is 11.1 Å². The van der Waals surface area contributed by atoms with Crippen molar-refractivity contribution < 1.29 is 4.52 Å². The van der Waals surface area contributed by atoms with Crippen LogP contribution >= 0.6 is 0 Å². The Morgan fingerprint density at radius 1 is 1.19 bits per heavy atom. The molecule has 0 atom stereocenters. The molecule has 0 radical (unpaired) electrons. The topological polar surface area (TPSA) is 82.8 Å². The SMILES string of the molecule is CC(C)(N)c1noc(Cn2cc(-c3ccccc3)cn2)n1. The van der Waals surface area contributed by atoms with E-state index in [1.165, 1.54) is 0 Å². The summed E-state index contributed by atoms with van der Waals surface area (Å²) < 4.78 is 6.98. The second-order valence-corrected chi connectivity index (χ2v) is 5.53. The largest absolute Gasteiger partial charge is 0.337 e. The minimum absolute atomic E-state index is 0.427. The third-order valence-electron chi connectivity index (χ3n) is 3.08. The van der Waals surface area contributed by atoms with Crippen molar-refractivity contribution in [3.05, 3.63) is 54.4 Å². The van der Waals surface area contributed by atoms with Gasteiger partial charge in [-0.05, 0) is 19.4 Å². The number of rotatable bonds is 4. The summed E-state index contributed by atoms with van der Waals surface area (Å²) >= 11 is 0. The minimum atomic E-state index is -0.610. The van der Waals surface area contributed by atoms with Crippen LogP contribution in [0.1, 0.15) is 25.6 Å². The predicted molar refractivity (Wildman–Crippen MR) is 78.3 cm³/mol. The minimum Gasteiger partial charge on any atom is -0.337 e. The van der Waals surface area contributed by atoms with Gasteiger partial charge in [-0.1, -0.05) is 35.5 Å². The molecule has 2 N–H and O–H groups in total. The van der Waals surface area contributed by atoms with E-state index in [1.54, 1.807) is 4.68 Å². The van der Waals surface area contributed by atoms with Crippen molar-refractivity contribution in [1.29, 1.82) is 0 Å². The Hall–Kier alpha value is -2.47. The molecule has 0 fully saturated rings. The van der Waals surface area contributed by atoms with Crippen LogP contribution in [0.25, 0.3) is 11.1 Å². The Kier molecular flexibility index (Phi) is 3.31. The van der Waals surface area contributed by atoms with Gasteiger partial charge in [0.1, 0.15) is 6.54 Å². The first kappa shape index (κ1) is 13.5. The van der Waals surface area contributed by atoms with Gasteiger partial charge in [0, 0.05) is 11.8 Å². The van der Waals surface area contributed by atoms with Crippen LogP contribution in [0, 0.1) is 0 Å². The van der Waals surface area contributed by atoms with Gasteiger partial charge >= 0.3 is 0 Å². The van der Waals surface area contributed by atoms with Gasteiger partial charge in [-0.2, -0.15) is 10.1 Å². The Bertz CT molecular complexity index is 724. The maximum Gasteiger partial charge on any atom is 0.248 e. The van der Waals surface area contributed by atoms with Crippen LogP contribution in [0.4, 0.5) is 0 Å². The van der Waals surface area contributed by atoms with Crippen molar-refractivity contribution in [3.8, 4) is 11.1 Å². The molecular formula is C15H17N5O. The van der Waals surface area contributed by atoms with E-state index in [0.29, 0.717) is 18.3 Å². The van der Waals surface area contributed by atoms with Gasteiger partial charge in [-0.25, -0.2) is 0 Å². The lowest BCUT2D eigenvalue weighted by Crippen LogP contribution is -2.30. The zero-order chi connectivity index (χ0) is 14.9. The van der Waals surface area contributed by atoms with E-state index in [4.69, 9.17) is 10.3 Å². The zero-order valence-electron chi connectivity index (χ0n) is 12.0. The highest BCUT2D eigenvalue weighted by Gasteiger charge is 2.21. The highest BCUT2D eigenvalue weighted by molar-refractivity contribution is 5.61. The van der Waals surface area contributed by atoms with Crippen LogP contribution in [0.3, 0.4) is 0 Å². The number of nitrogens with zero attached hydrogens (tertiary/aromatic N) is 4. The Labute approximate surface area is 122 Å². The fourth-order valence-electron chi connectivity index (χ4n) is 1.95. The molecule has 0 unspecified atom stereocenters. The van der Waals surface area contributed by atoms with Gasteiger partial charge in [0.15, 0.2) is 5.82 Å². The highest BCUT2D eigenvalue weighted by Crippen LogP contribution is 2.18. The lowest BCUT2D eigenvalue weighted by atomic mass is 10.1. The maximum absolute atomic E-state index is 5.94. The van der Waals surface area contributed by atoms with E-state index < -0.39 is 5.54 Å². The molecule has 0 aliphatic carbocycles. The van der Waals surface area contributed by atoms with Crippen LogP contribution < -0.4 is 5.73 Å². The van der Waals surface area contributed by atoms with E-state index in [9.17, 15) is 0 Å². The first-order valence-corrected chi connectivity index (χ1v) is 6.72. The number of hydrogen-bond acceptors (Lipinski definition) is 5. The van der Waals surface area contributed by atoms with E-state index in [-0.39, 0.29) is 0 Å². The smallest absolute Gasteiger partial charge is 0.248 e. The molecule has 2 aromatic heterocycles. The summed E-state index contributed by atoms with van der Waals surface area (Å²) in [5.41, 5.74) is 7.50. The molecule has 0 spiro atoms. The lowest BCUT2D eigenvalue weighted by molar-refractivity contribution is 0.351. The first-order valence-electron chi connectivity index (χ1n) is 6.72. The van der Waals surface area contributed by atoms with E-state index >= 15 is 0 Å². The molecule has 21 heavy (non-hydrogen) atoms.